The van der Waals surface area contributed by atoms with E-state index in [1.165, 1.54) is 64.2 Å². The Hall–Kier alpha value is -0.230. The normalized spacial score (nSPS) is 18.8. The molecule has 0 bridgehead atoms. The molecule has 1 rings (SSSR count). The highest BCUT2D eigenvalue weighted by atomic mass is 31.2. The zero-order valence-electron chi connectivity index (χ0n) is 21.1. The molecule has 6 nitrogen and oxygen atoms in total. The van der Waals surface area contributed by atoms with Crippen LogP contribution in [-0.2, 0) is 18.3 Å². The summed E-state index contributed by atoms with van der Waals surface area (Å²) in [6.07, 6.45) is 21.3. The number of nitrogens with zero attached hydrogens (tertiary/aromatic N) is 1. The van der Waals surface area contributed by atoms with Crippen LogP contribution < -0.4 is 0 Å². The average Bonchev–Trinajstić information content (AvgIpc) is 2.76. The Labute approximate surface area is 197 Å². The van der Waals surface area contributed by atoms with E-state index < -0.39 is 7.82 Å². The summed E-state index contributed by atoms with van der Waals surface area (Å²) in [7, 11) is -0.0641. The molecule has 32 heavy (non-hydrogen) atoms. The van der Waals surface area contributed by atoms with E-state index in [0.29, 0.717) is 13.0 Å². The van der Waals surface area contributed by atoms with Crippen LogP contribution in [0.25, 0.3) is 0 Å². The number of hydrogen-bond acceptors (Lipinski definition) is 5. The highest BCUT2D eigenvalue weighted by Crippen LogP contribution is 2.43. The lowest BCUT2D eigenvalue weighted by Crippen LogP contribution is -2.20. The molecule has 0 aliphatic heterocycles. The van der Waals surface area contributed by atoms with E-state index >= 15 is 0 Å². The molecule has 0 aromatic rings. The lowest BCUT2D eigenvalue weighted by molar-refractivity contribution is 0.0114. The first-order valence-electron chi connectivity index (χ1n) is 13.0. The molecule has 1 aliphatic rings. The van der Waals surface area contributed by atoms with Gasteiger partial charge in [0, 0.05) is 0 Å². The molecular weight excluding hydrogens is 425 g/mol. The maximum Gasteiger partial charge on any atom is 0.472 e. The SMILES string of the molecule is CCCCCCCCCCCC=C1CCC(OCCOP(=O)(O)OCCCN(C)C)CC1. The van der Waals surface area contributed by atoms with Crippen LogP contribution in [0.1, 0.15) is 103 Å². The number of allylic oxidation sites excluding steroid dienone is 2. The van der Waals surface area contributed by atoms with Gasteiger partial charge in [0.2, 0.25) is 0 Å². The van der Waals surface area contributed by atoms with Crippen molar-refractivity contribution in [3.8, 4) is 0 Å². The summed E-state index contributed by atoms with van der Waals surface area (Å²) in [4.78, 5) is 11.7. The first kappa shape index (κ1) is 29.8. The molecule has 190 valence electrons. The van der Waals surface area contributed by atoms with Crippen molar-refractivity contribution in [2.75, 3.05) is 40.5 Å². The van der Waals surface area contributed by atoms with E-state index in [1.807, 2.05) is 19.0 Å². The van der Waals surface area contributed by atoms with E-state index in [1.54, 1.807) is 5.57 Å². The molecule has 0 aromatic carbocycles. The van der Waals surface area contributed by atoms with Gasteiger partial charge in [-0.1, -0.05) is 69.9 Å². The summed E-state index contributed by atoms with van der Waals surface area (Å²) in [5, 5.41) is 0. The van der Waals surface area contributed by atoms with Crippen LogP contribution in [0.3, 0.4) is 0 Å². The van der Waals surface area contributed by atoms with E-state index in [-0.39, 0.29) is 19.3 Å². The quantitative estimate of drug-likeness (QED) is 0.118. The minimum Gasteiger partial charge on any atom is -0.376 e. The molecule has 0 spiro atoms. The molecule has 0 radical (unpaired) electrons. The zero-order chi connectivity index (χ0) is 23.5. The van der Waals surface area contributed by atoms with Crippen molar-refractivity contribution in [2.24, 2.45) is 0 Å². The van der Waals surface area contributed by atoms with Gasteiger partial charge < -0.3 is 14.5 Å². The van der Waals surface area contributed by atoms with Gasteiger partial charge in [-0.05, 0) is 65.6 Å². The Morgan fingerprint density at radius 3 is 2.12 bits per heavy atom. The Kier molecular flexibility index (Phi) is 17.8. The summed E-state index contributed by atoms with van der Waals surface area (Å²) in [5.74, 6) is 0. The summed E-state index contributed by atoms with van der Waals surface area (Å²) < 4.78 is 27.6. The van der Waals surface area contributed by atoms with Crippen molar-refractivity contribution in [3.63, 3.8) is 0 Å². The van der Waals surface area contributed by atoms with Gasteiger partial charge in [-0.3, -0.25) is 9.05 Å². The second-order valence-corrected chi connectivity index (χ2v) is 10.8. The third-order valence-corrected chi connectivity index (χ3v) is 7.03. The van der Waals surface area contributed by atoms with Crippen LogP contribution in [0, 0.1) is 0 Å². The monoisotopic (exact) mass is 475 g/mol. The van der Waals surface area contributed by atoms with Gasteiger partial charge in [0.1, 0.15) is 0 Å². The van der Waals surface area contributed by atoms with Gasteiger partial charge >= 0.3 is 7.82 Å². The van der Waals surface area contributed by atoms with E-state index in [0.717, 1.165) is 32.2 Å². The topological polar surface area (TPSA) is 68.2 Å². The summed E-state index contributed by atoms with van der Waals surface area (Å²) in [6, 6.07) is 0. The van der Waals surface area contributed by atoms with Crippen molar-refractivity contribution in [2.45, 2.75) is 109 Å². The van der Waals surface area contributed by atoms with Gasteiger partial charge in [-0.25, -0.2) is 4.57 Å². The minimum absolute atomic E-state index is 0.0826. The average molecular weight is 476 g/mol. The molecule has 1 atom stereocenters. The molecule has 7 heteroatoms. The molecule has 0 saturated heterocycles. The third kappa shape index (κ3) is 17.3. The number of phosphoric ester groups is 1. The van der Waals surface area contributed by atoms with Crippen LogP contribution in [0.2, 0.25) is 0 Å². The number of unbranched alkanes of at least 4 members (excludes halogenated alkanes) is 9. The highest BCUT2D eigenvalue weighted by Gasteiger charge is 2.21. The van der Waals surface area contributed by atoms with Crippen LogP contribution in [0.4, 0.5) is 0 Å². The fourth-order valence-corrected chi connectivity index (χ4v) is 4.80. The lowest BCUT2D eigenvalue weighted by Gasteiger charge is -2.24. The van der Waals surface area contributed by atoms with Gasteiger partial charge in [0.15, 0.2) is 0 Å². The predicted molar refractivity (Wildman–Crippen MR) is 133 cm³/mol. The second-order valence-electron chi connectivity index (χ2n) is 9.34. The molecule has 1 unspecified atom stereocenters. The second kappa shape index (κ2) is 19.1. The highest BCUT2D eigenvalue weighted by molar-refractivity contribution is 7.47. The first-order chi connectivity index (χ1) is 15.4. The third-order valence-electron chi connectivity index (χ3n) is 6.01. The standard InChI is InChI=1S/C25H50NO5P/c1-4-5-6-7-8-9-10-11-12-13-15-24-16-18-25(19-17-24)29-22-23-31-32(27,28)30-21-14-20-26(2)3/h15,25H,4-14,16-23H2,1-3H3,(H,27,28). The number of ether oxygens (including phenoxy) is 1. The zero-order valence-corrected chi connectivity index (χ0v) is 22.0. The van der Waals surface area contributed by atoms with Gasteiger partial charge in [-0.2, -0.15) is 0 Å². The van der Waals surface area contributed by atoms with E-state index in [9.17, 15) is 9.46 Å². The molecule has 1 aliphatic carbocycles. The fraction of sp³-hybridized carbons (Fsp3) is 0.920. The van der Waals surface area contributed by atoms with E-state index in [2.05, 4.69) is 13.0 Å². The minimum atomic E-state index is -3.97. The molecule has 1 N–H and O–H groups in total. The number of rotatable bonds is 20. The Bertz CT molecular complexity index is 516. The number of hydrogen-bond donors (Lipinski definition) is 1. The van der Waals surface area contributed by atoms with Crippen molar-refractivity contribution < 1.29 is 23.2 Å². The molecule has 0 heterocycles. The molecule has 0 aromatic heterocycles. The summed E-state index contributed by atoms with van der Waals surface area (Å²) >= 11 is 0. The molecule has 0 amide bonds. The van der Waals surface area contributed by atoms with Crippen LogP contribution in [0.5, 0.6) is 0 Å². The van der Waals surface area contributed by atoms with Crippen molar-refractivity contribution in [3.05, 3.63) is 11.6 Å². The first-order valence-corrected chi connectivity index (χ1v) is 14.5. The van der Waals surface area contributed by atoms with Crippen molar-refractivity contribution in [1.29, 1.82) is 0 Å². The maximum atomic E-state index is 11.8. The van der Waals surface area contributed by atoms with Gasteiger partial charge in [0.25, 0.3) is 0 Å². The summed E-state index contributed by atoms with van der Waals surface area (Å²) in [6.45, 7) is 3.70. The van der Waals surface area contributed by atoms with Crippen molar-refractivity contribution >= 4 is 7.82 Å². The molecular formula is C25H50NO5P. The van der Waals surface area contributed by atoms with Crippen molar-refractivity contribution in [1.82, 2.24) is 4.90 Å². The van der Waals surface area contributed by atoms with E-state index in [4.69, 9.17) is 13.8 Å². The Balaban J connectivity index is 1.98. The van der Waals surface area contributed by atoms with Crippen LogP contribution in [-0.4, -0.2) is 56.4 Å². The Morgan fingerprint density at radius 2 is 1.50 bits per heavy atom. The fourth-order valence-electron chi connectivity index (χ4n) is 4.06. The van der Waals surface area contributed by atoms with Crippen LogP contribution in [0.15, 0.2) is 11.6 Å². The maximum absolute atomic E-state index is 11.8. The number of phosphoric acid groups is 1. The predicted octanol–water partition coefficient (Wildman–Crippen LogP) is 6.88. The lowest BCUT2D eigenvalue weighted by atomic mass is 9.91. The Morgan fingerprint density at radius 1 is 0.906 bits per heavy atom. The smallest absolute Gasteiger partial charge is 0.376 e. The van der Waals surface area contributed by atoms with Crippen LogP contribution >= 0.6 is 7.82 Å². The summed E-state index contributed by atoms with van der Waals surface area (Å²) in [5.41, 5.74) is 1.58. The molecule has 1 fully saturated rings. The van der Waals surface area contributed by atoms with Gasteiger partial charge in [0.05, 0.1) is 25.9 Å². The largest absolute Gasteiger partial charge is 0.472 e. The van der Waals surface area contributed by atoms with Gasteiger partial charge in [-0.15, -0.1) is 0 Å². The molecule has 1 saturated carbocycles.